The molecule has 1 amide bonds. The van der Waals surface area contributed by atoms with Crippen molar-refractivity contribution in [2.75, 3.05) is 6.54 Å². The first-order chi connectivity index (χ1) is 12.5. The number of aliphatic carboxylic acids is 1. The number of carboxylic acids is 1. The maximum Gasteiger partial charge on any atom is 0.326 e. The van der Waals surface area contributed by atoms with E-state index in [1.54, 1.807) is 0 Å². The van der Waals surface area contributed by atoms with E-state index in [9.17, 15) is 19.1 Å². The minimum Gasteiger partial charge on any atom is -0.480 e. The molecule has 0 radical (unpaired) electrons. The van der Waals surface area contributed by atoms with Crippen molar-refractivity contribution in [1.82, 2.24) is 4.90 Å². The average Bonchev–Trinajstić information content (AvgIpc) is 2.97. The molecule has 0 aromatic heterocycles. The normalized spacial score (nSPS) is 19.4. The lowest BCUT2D eigenvalue weighted by atomic mass is 9.84. The van der Waals surface area contributed by atoms with E-state index in [0.29, 0.717) is 12.3 Å². The summed E-state index contributed by atoms with van der Waals surface area (Å²) in [6.45, 7) is -0.00676. The Kier molecular flexibility index (Phi) is 5.81. The van der Waals surface area contributed by atoms with Crippen LogP contribution in [0.2, 0.25) is 5.02 Å². The van der Waals surface area contributed by atoms with Gasteiger partial charge in [0, 0.05) is 6.08 Å². The highest BCUT2D eigenvalue weighted by Crippen LogP contribution is 2.32. The third-order valence-corrected chi connectivity index (χ3v) is 5.29. The second-order valence-electron chi connectivity index (χ2n) is 6.82. The molecule has 26 heavy (non-hydrogen) atoms. The van der Waals surface area contributed by atoms with Gasteiger partial charge in [-0.1, -0.05) is 49.8 Å². The standard InChI is InChI=1S/C19H21ClFNO4/c20-14-7-4-8-15(21)18(14)26-13-10-17(23)22(11-13)16(19(24)25)9-12-5-2-1-3-6-12/h4,7-8,10,12,16H,1-3,5-6,9,11H2,(H,24,25)/t16-/m0/s1. The van der Waals surface area contributed by atoms with E-state index in [0.717, 1.165) is 25.7 Å². The number of halogens is 2. The van der Waals surface area contributed by atoms with Gasteiger partial charge in [-0.15, -0.1) is 0 Å². The summed E-state index contributed by atoms with van der Waals surface area (Å²) in [4.78, 5) is 25.3. The van der Waals surface area contributed by atoms with Gasteiger partial charge in [0.25, 0.3) is 5.91 Å². The third kappa shape index (κ3) is 4.18. The quantitative estimate of drug-likeness (QED) is 0.808. The maximum absolute atomic E-state index is 13.9. The van der Waals surface area contributed by atoms with Gasteiger partial charge in [0.1, 0.15) is 11.8 Å². The third-order valence-electron chi connectivity index (χ3n) is 4.99. The zero-order valence-corrected chi connectivity index (χ0v) is 15.0. The van der Waals surface area contributed by atoms with Crippen LogP contribution in [-0.2, 0) is 9.59 Å². The van der Waals surface area contributed by atoms with E-state index in [4.69, 9.17) is 16.3 Å². The fraction of sp³-hybridized carbons (Fsp3) is 0.474. The van der Waals surface area contributed by atoms with E-state index < -0.39 is 23.7 Å². The molecule has 1 aromatic rings. The first-order valence-corrected chi connectivity index (χ1v) is 9.19. The van der Waals surface area contributed by atoms with Crippen molar-refractivity contribution in [3.8, 4) is 5.75 Å². The number of carbonyl (C=O) groups is 2. The van der Waals surface area contributed by atoms with Gasteiger partial charge in [0.15, 0.2) is 11.6 Å². The molecule has 0 bridgehead atoms. The van der Waals surface area contributed by atoms with Crippen LogP contribution in [0.25, 0.3) is 0 Å². The van der Waals surface area contributed by atoms with Crippen LogP contribution < -0.4 is 4.74 Å². The number of para-hydroxylation sites is 1. The van der Waals surface area contributed by atoms with E-state index in [2.05, 4.69) is 0 Å². The van der Waals surface area contributed by atoms with Crippen molar-refractivity contribution < 1.29 is 23.8 Å². The molecular weight excluding hydrogens is 361 g/mol. The Balaban J connectivity index is 1.69. The Morgan fingerprint density at radius 3 is 2.73 bits per heavy atom. The van der Waals surface area contributed by atoms with Crippen LogP contribution in [0.4, 0.5) is 4.39 Å². The Labute approximate surface area is 156 Å². The Morgan fingerprint density at radius 1 is 1.35 bits per heavy atom. The first-order valence-electron chi connectivity index (χ1n) is 8.81. The highest BCUT2D eigenvalue weighted by molar-refractivity contribution is 6.32. The molecular formula is C19H21ClFNO4. The zero-order chi connectivity index (χ0) is 18.7. The van der Waals surface area contributed by atoms with Gasteiger partial charge in [-0.05, 0) is 24.5 Å². The monoisotopic (exact) mass is 381 g/mol. The Hall–Kier alpha value is -2.08. The lowest BCUT2D eigenvalue weighted by molar-refractivity contribution is -0.148. The van der Waals surface area contributed by atoms with E-state index in [1.165, 1.54) is 35.6 Å². The molecule has 140 valence electrons. The molecule has 1 aliphatic heterocycles. The maximum atomic E-state index is 13.9. The topological polar surface area (TPSA) is 66.8 Å². The minimum atomic E-state index is -1.03. The van der Waals surface area contributed by atoms with Gasteiger partial charge in [-0.25, -0.2) is 9.18 Å². The second-order valence-corrected chi connectivity index (χ2v) is 7.23. The molecule has 1 aromatic carbocycles. The number of nitrogens with zero attached hydrogens (tertiary/aromatic N) is 1. The molecule has 1 heterocycles. The number of hydrogen-bond donors (Lipinski definition) is 1. The molecule has 3 rings (SSSR count). The van der Waals surface area contributed by atoms with Crippen molar-refractivity contribution in [3.05, 3.63) is 40.9 Å². The van der Waals surface area contributed by atoms with E-state index in [1.807, 2.05) is 0 Å². The van der Waals surface area contributed by atoms with Gasteiger partial charge in [-0.3, -0.25) is 4.79 Å². The predicted octanol–water partition coefficient (Wildman–Crippen LogP) is 4.01. The summed E-state index contributed by atoms with van der Waals surface area (Å²) in [5.41, 5.74) is 0. The van der Waals surface area contributed by atoms with Crippen molar-refractivity contribution in [1.29, 1.82) is 0 Å². The Morgan fingerprint density at radius 2 is 2.08 bits per heavy atom. The molecule has 0 saturated heterocycles. The number of amides is 1. The van der Waals surface area contributed by atoms with Crippen LogP contribution in [0.5, 0.6) is 5.75 Å². The number of benzene rings is 1. The van der Waals surface area contributed by atoms with Crippen molar-refractivity contribution >= 4 is 23.5 Å². The van der Waals surface area contributed by atoms with Gasteiger partial charge in [-0.2, -0.15) is 0 Å². The van der Waals surface area contributed by atoms with Crippen LogP contribution >= 0.6 is 11.6 Å². The molecule has 0 spiro atoms. The van der Waals surface area contributed by atoms with Crippen LogP contribution in [0.3, 0.4) is 0 Å². The average molecular weight is 382 g/mol. The van der Waals surface area contributed by atoms with Gasteiger partial charge in [0.05, 0.1) is 11.6 Å². The second kappa shape index (κ2) is 8.08. The lowest BCUT2D eigenvalue weighted by Crippen LogP contribution is -2.44. The van der Waals surface area contributed by atoms with Crippen LogP contribution in [0.1, 0.15) is 38.5 Å². The molecule has 2 aliphatic rings. The molecule has 1 fully saturated rings. The summed E-state index contributed by atoms with van der Waals surface area (Å²) in [5, 5.41) is 9.70. The molecule has 1 aliphatic carbocycles. The SMILES string of the molecule is O=C(O)[C@H](CC1CCCCC1)N1CC(Oc2c(F)cccc2Cl)=CC1=O. The number of carboxylic acid groups (broad SMARTS) is 1. The number of hydrogen-bond acceptors (Lipinski definition) is 3. The zero-order valence-electron chi connectivity index (χ0n) is 14.3. The van der Waals surface area contributed by atoms with Crippen LogP contribution in [-0.4, -0.2) is 34.5 Å². The van der Waals surface area contributed by atoms with Crippen LogP contribution in [0.15, 0.2) is 30.0 Å². The molecule has 7 heteroatoms. The van der Waals surface area contributed by atoms with Gasteiger partial charge >= 0.3 is 5.97 Å². The summed E-state index contributed by atoms with van der Waals surface area (Å²) in [6, 6.07) is 3.24. The highest BCUT2D eigenvalue weighted by Gasteiger charge is 2.36. The Bertz CT molecular complexity index is 710. The fourth-order valence-corrected chi connectivity index (χ4v) is 3.85. The lowest BCUT2D eigenvalue weighted by Gasteiger charge is -2.30. The van der Waals surface area contributed by atoms with E-state index >= 15 is 0 Å². The molecule has 1 saturated carbocycles. The number of carbonyl (C=O) groups excluding carboxylic acids is 1. The van der Waals surface area contributed by atoms with E-state index in [-0.39, 0.29) is 23.1 Å². The summed E-state index contributed by atoms with van der Waals surface area (Å²) in [7, 11) is 0. The summed E-state index contributed by atoms with van der Waals surface area (Å²) in [6.07, 6.45) is 7.01. The molecule has 1 N–H and O–H groups in total. The van der Waals surface area contributed by atoms with Crippen LogP contribution in [0, 0.1) is 11.7 Å². The van der Waals surface area contributed by atoms with Crippen molar-refractivity contribution in [2.45, 2.75) is 44.6 Å². The number of ether oxygens (including phenoxy) is 1. The van der Waals surface area contributed by atoms with Gasteiger partial charge in [0.2, 0.25) is 0 Å². The summed E-state index contributed by atoms with van der Waals surface area (Å²) < 4.78 is 19.3. The molecule has 5 nitrogen and oxygen atoms in total. The fourth-order valence-electron chi connectivity index (χ4n) is 3.65. The molecule has 0 unspecified atom stereocenters. The van der Waals surface area contributed by atoms with Gasteiger partial charge < -0.3 is 14.7 Å². The first kappa shape index (κ1) is 18.7. The molecule has 1 atom stereocenters. The largest absolute Gasteiger partial charge is 0.480 e. The van der Waals surface area contributed by atoms with Crippen molar-refractivity contribution in [3.63, 3.8) is 0 Å². The van der Waals surface area contributed by atoms with Crippen molar-refractivity contribution in [2.24, 2.45) is 5.92 Å². The predicted molar refractivity (Wildman–Crippen MR) is 94.4 cm³/mol. The minimum absolute atomic E-state index is 0.00676. The summed E-state index contributed by atoms with van der Waals surface area (Å²) >= 11 is 5.94. The highest BCUT2D eigenvalue weighted by atomic mass is 35.5. The summed E-state index contributed by atoms with van der Waals surface area (Å²) in [5.74, 6) is -1.76. The number of rotatable bonds is 6. The smallest absolute Gasteiger partial charge is 0.326 e.